The highest BCUT2D eigenvalue weighted by Crippen LogP contribution is 2.55. The van der Waals surface area contributed by atoms with Gasteiger partial charge in [-0.15, -0.1) is 0 Å². The SMILES string of the molecule is Nc1ccc(CCNC(=O)C23CCC(C=O)(CC2)CC3)cc1. The molecule has 0 unspecified atom stereocenters. The number of nitrogens with one attached hydrogen (secondary N) is 1. The largest absolute Gasteiger partial charge is 0.399 e. The highest BCUT2D eigenvalue weighted by Gasteiger charge is 2.52. The number of hydrogen-bond donors (Lipinski definition) is 2. The Morgan fingerprint density at radius 2 is 1.68 bits per heavy atom. The average molecular weight is 300 g/mol. The van der Waals surface area contributed by atoms with Crippen LogP contribution in [0.2, 0.25) is 0 Å². The second-order valence-electron chi connectivity index (χ2n) is 7.01. The number of rotatable bonds is 5. The molecule has 3 saturated carbocycles. The lowest BCUT2D eigenvalue weighted by Crippen LogP contribution is -2.50. The summed E-state index contributed by atoms with van der Waals surface area (Å²) in [5.74, 6) is 0.183. The van der Waals surface area contributed by atoms with Crippen LogP contribution < -0.4 is 11.1 Å². The molecule has 1 amide bonds. The quantitative estimate of drug-likeness (QED) is 0.648. The average Bonchev–Trinajstić information content (AvgIpc) is 2.58. The van der Waals surface area contributed by atoms with Gasteiger partial charge in [0.25, 0.3) is 0 Å². The molecule has 0 spiro atoms. The van der Waals surface area contributed by atoms with Crippen LogP contribution in [0.3, 0.4) is 0 Å². The number of carbonyl (C=O) groups excluding carboxylic acids is 2. The van der Waals surface area contributed by atoms with Crippen molar-refractivity contribution in [3.8, 4) is 0 Å². The molecule has 118 valence electrons. The first kappa shape index (κ1) is 15.1. The predicted molar refractivity (Wildman–Crippen MR) is 86.2 cm³/mol. The first-order valence-electron chi connectivity index (χ1n) is 8.17. The van der Waals surface area contributed by atoms with Crippen LogP contribution in [0.25, 0.3) is 0 Å². The Morgan fingerprint density at radius 1 is 1.09 bits per heavy atom. The van der Waals surface area contributed by atoms with E-state index in [0.717, 1.165) is 56.9 Å². The molecule has 3 aliphatic rings. The second kappa shape index (κ2) is 5.75. The maximum atomic E-state index is 12.6. The molecule has 0 saturated heterocycles. The third-order valence-corrected chi connectivity index (χ3v) is 5.71. The van der Waals surface area contributed by atoms with Crippen molar-refractivity contribution in [1.82, 2.24) is 5.32 Å². The van der Waals surface area contributed by atoms with Gasteiger partial charge in [-0.1, -0.05) is 12.1 Å². The topological polar surface area (TPSA) is 72.2 Å². The van der Waals surface area contributed by atoms with Crippen molar-refractivity contribution < 1.29 is 9.59 Å². The number of fused-ring (bicyclic) bond motifs is 3. The van der Waals surface area contributed by atoms with E-state index in [1.807, 2.05) is 24.3 Å². The Kier molecular flexibility index (Phi) is 3.94. The van der Waals surface area contributed by atoms with Gasteiger partial charge < -0.3 is 15.8 Å². The minimum absolute atomic E-state index is 0.119. The fraction of sp³-hybridized carbons (Fsp3) is 0.556. The number of nitrogens with two attached hydrogens (primary N) is 1. The first-order valence-corrected chi connectivity index (χ1v) is 8.17. The molecule has 1 aromatic rings. The number of carbonyl (C=O) groups is 2. The molecule has 0 aliphatic heterocycles. The summed E-state index contributed by atoms with van der Waals surface area (Å²) in [6, 6.07) is 7.77. The molecule has 22 heavy (non-hydrogen) atoms. The van der Waals surface area contributed by atoms with Crippen LogP contribution in [0, 0.1) is 10.8 Å². The third-order valence-electron chi connectivity index (χ3n) is 5.71. The van der Waals surface area contributed by atoms with Crippen LogP contribution in [-0.4, -0.2) is 18.7 Å². The van der Waals surface area contributed by atoms with Crippen molar-refractivity contribution in [3.63, 3.8) is 0 Å². The van der Waals surface area contributed by atoms with Gasteiger partial charge in [0.15, 0.2) is 0 Å². The number of nitrogen functional groups attached to an aromatic ring is 1. The standard InChI is InChI=1S/C18H24N2O2/c19-15-3-1-14(2-4-15)5-12-20-16(22)18-9-6-17(13-21,7-10-18)8-11-18/h1-4,13H,5-12,19H2,(H,20,22). The molecule has 3 aliphatic carbocycles. The number of benzene rings is 1. The Bertz CT molecular complexity index is 540. The van der Waals surface area contributed by atoms with Gasteiger partial charge in [-0.2, -0.15) is 0 Å². The summed E-state index contributed by atoms with van der Waals surface area (Å²) in [6.45, 7) is 0.656. The van der Waals surface area contributed by atoms with Crippen molar-refractivity contribution in [3.05, 3.63) is 29.8 Å². The molecule has 3 N–H and O–H groups in total. The molecule has 1 aromatic carbocycles. The second-order valence-corrected chi connectivity index (χ2v) is 7.01. The van der Waals surface area contributed by atoms with Crippen LogP contribution in [0.4, 0.5) is 5.69 Å². The number of hydrogen-bond acceptors (Lipinski definition) is 3. The molecule has 0 heterocycles. The summed E-state index contributed by atoms with van der Waals surface area (Å²) in [5, 5.41) is 3.10. The van der Waals surface area contributed by atoms with E-state index in [4.69, 9.17) is 5.73 Å². The van der Waals surface area contributed by atoms with Crippen molar-refractivity contribution in [2.45, 2.75) is 44.9 Å². The summed E-state index contributed by atoms with van der Waals surface area (Å²) in [7, 11) is 0. The van der Waals surface area contributed by atoms with Crippen LogP contribution in [0.5, 0.6) is 0 Å². The number of anilines is 1. The molecule has 4 nitrogen and oxygen atoms in total. The van der Waals surface area contributed by atoms with Crippen LogP contribution in [0.1, 0.15) is 44.1 Å². The van der Waals surface area contributed by atoms with E-state index in [2.05, 4.69) is 5.32 Å². The fourth-order valence-electron chi connectivity index (χ4n) is 3.92. The smallest absolute Gasteiger partial charge is 0.226 e. The van der Waals surface area contributed by atoms with Crippen LogP contribution in [-0.2, 0) is 16.0 Å². The summed E-state index contributed by atoms with van der Waals surface area (Å²) >= 11 is 0. The Labute approximate surface area is 131 Å². The summed E-state index contributed by atoms with van der Waals surface area (Å²) in [4.78, 5) is 23.8. The van der Waals surface area contributed by atoms with E-state index in [9.17, 15) is 9.59 Å². The van der Waals surface area contributed by atoms with Crippen LogP contribution >= 0.6 is 0 Å². The van der Waals surface area contributed by atoms with E-state index in [1.54, 1.807) is 0 Å². The van der Waals surface area contributed by atoms with Crippen molar-refractivity contribution in [2.24, 2.45) is 10.8 Å². The lowest BCUT2D eigenvalue weighted by Gasteiger charge is -2.49. The Balaban J connectivity index is 1.52. The molecule has 2 bridgehead atoms. The minimum atomic E-state index is -0.216. The summed E-state index contributed by atoms with van der Waals surface area (Å²) < 4.78 is 0. The van der Waals surface area contributed by atoms with E-state index < -0.39 is 0 Å². The van der Waals surface area contributed by atoms with Crippen molar-refractivity contribution in [2.75, 3.05) is 12.3 Å². The van der Waals surface area contributed by atoms with Crippen molar-refractivity contribution in [1.29, 1.82) is 0 Å². The van der Waals surface area contributed by atoms with Gasteiger partial charge in [0.1, 0.15) is 6.29 Å². The van der Waals surface area contributed by atoms with E-state index in [1.165, 1.54) is 5.56 Å². The van der Waals surface area contributed by atoms with E-state index >= 15 is 0 Å². The van der Waals surface area contributed by atoms with E-state index in [0.29, 0.717) is 6.54 Å². The minimum Gasteiger partial charge on any atom is -0.399 e. The zero-order chi connectivity index (χ0) is 15.6. The fourth-order valence-corrected chi connectivity index (χ4v) is 3.92. The van der Waals surface area contributed by atoms with Gasteiger partial charge in [0.05, 0.1) is 0 Å². The van der Waals surface area contributed by atoms with Crippen LogP contribution in [0.15, 0.2) is 24.3 Å². The maximum Gasteiger partial charge on any atom is 0.226 e. The highest BCUT2D eigenvalue weighted by molar-refractivity contribution is 5.83. The predicted octanol–water partition coefficient (Wildman–Crippen LogP) is 2.47. The normalized spacial score (nSPS) is 30.0. The molecular weight excluding hydrogens is 276 g/mol. The zero-order valence-electron chi connectivity index (χ0n) is 12.9. The molecule has 0 radical (unpaired) electrons. The van der Waals surface area contributed by atoms with Crippen molar-refractivity contribution >= 4 is 17.9 Å². The summed E-state index contributed by atoms with van der Waals surface area (Å²) in [5.41, 5.74) is 7.27. The Morgan fingerprint density at radius 3 is 2.23 bits per heavy atom. The number of aldehydes is 1. The van der Waals surface area contributed by atoms with E-state index in [-0.39, 0.29) is 16.7 Å². The molecule has 3 fully saturated rings. The monoisotopic (exact) mass is 300 g/mol. The molecule has 0 aromatic heterocycles. The summed E-state index contributed by atoms with van der Waals surface area (Å²) in [6.07, 6.45) is 7.17. The first-order chi connectivity index (χ1) is 10.6. The van der Waals surface area contributed by atoms with Gasteiger partial charge in [-0.05, 0) is 62.6 Å². The lowest BCUT2D eigenvalue weighted by atomic mass is 9.54. The zero-order valence-corrected chi connectivity index (χ0v) is 12.9. The molecule has 4 rings (SSSR count). The van der Waals surface area contributed by atoms with Gasteiger partial charge in [0.2, 0.25) is 5.91 Å². The Hall–Kier alpha value is -1.84. The molecular formula is C18H24N2O2. The van der Waals surface area contributed by atoms with Gasteiger partial charge in [-0.3, -0.25) is 4.79 Å². The lowest BCUT2D eigenvalue weighted by molar-refractivity contribution is -0.144. The van der Waals surface area contributed by atoms with Gasteiger partial charge >= 0.3 is 0 Å². The molecule has 4 heteroatoms. The maximum absolute atomic E-state index is 12.6. The molecule has 0 atom stereocenters. The van der Waals surface area contributed by atoms with Gasteiger partial charge in [0, 0.05) is 23.1 Å². The number of amides is 1. The highest BCUT2D eigenvalue weighted by atomic mass is 16.2. The third kappa shape index (κ3) is 2.74. The van der Waals surface area contributed by atoms with Gasteiger partial charge in [-0.25, -0.2) is 0 Å².